The van der Waals surface area contributed by atoms with Crippen molar-refractivity contribution in [2.75, 3.05) is 13.1 Å². The Labute approximate surface area is 192 Å². The van der Waals surface area contributed by atoms with Crippen LogP contribution in [0, 0.1) is 18.6 Å². The molecule has 3 rings (SSSR count). The normalized spacial score (nSPS) is 16.2. The van der Waals surface area contributed by atoms with Crippen molar-refractivity contribution in [2.24, 2.45) is 0 Å². The minimum atomic E-state index is -3.61. The molecule has 33 heavy (non-hydrogen) atoms. The Hall–Kier alpha value is -2.85. The first kappa shape index (κ1) is 24.8. The van der Waals surface area contributed by atoms with Crippen LogP contribution in [0.4, 0.5) is 8.78 Å². The number of carbonyl (C=O) groups is 2. The van der Waals surface area contributed by atoms with Gasteiger partial charge in [-0.15, -0.1) is 0 Å². The maximum atomic E-state index is 13.5. The van der Waals surface area contributed by atoms with Gasteiger partial charge in [0.1, 0.15) is 6.04 Å². The van der Waals surface area contributed by atoms with Crippen molar-refractivity contribution >= 4 is 21.8 Å². The molecule has 1 heterocycles. The topological polar surface area (TPSA) is 95.6 Å². The lowest BCUT2D eigenvalue weighted by Gasteiger charge is -2.32. The van der Waals surface area contributed by atoms with Gasteiger partial charge in [-0.25, -0.2) is 17.2 Å². The summed E-state index contributed by atoms with van der Waals surface area (Å²) in [6.45, 7) is 3.63. The van der Waals surface area contributed by atoms with E-state index in [1.807, 2.05) is 6.92 Å². The maximum Gasteiger partial charge on any atom is 0.243 e. The monoisotopic (exact) mass is 479 g/mol. The van der Waals surface area contributed by atoms with Gasteiger partial charge < -0.3 is 10.6 Å². The SMILES string of the molecule is CC(=O)N[C@@H](Cc1ccc(F)c(F)c1)C(=O)NC1CCN(S(=O)(=O)c2ccc(C)cc2)CC1. The average molecular weight is 480 g/mol. The minimum absolute atomic E-state index is 0.0107. The summed E-state index contributed by atoms with van der Waals surface area (Å²) in [6.07, 6.45) is 0.812. The molecule has 0 aliphatic carbocycles. The molecule has 2 aromatic rings. The van der Waals surface area contributed by atoms with Crippen LogP contribution in [-0.2, 0) is 26.0 Å². The van der Waals surface area contributed by atoms with Gasteiger partial charge in [-0.05, 0) is 49.6 Å². The largest absolute Gasteiger partial charge is 0.351 e. The van der Waals surface area contributed by atoms with Gasteiger partial charge in [-0.3, -0.25) is 9.59 Å². The van der Waals surface area contributed by atoms with E-state index in [1.165, 1.54) is 17.3 Å². The molecule has 2 aromatic carbocycles. The third-order valence-corrected chi connectivity index (χ3v) is 7.49. The number of piperidine rings is 1. The predicted octanol–water partition coefficient (Wildman–Crippen LogP) is 2.29. The first-order chi connectivity index (χ1) is 15.6. The first-order valence-electron chi connectivity index (χ1n) is 10.6. The molecule has 0 radical (unpaired) electrons. The summed E-state index contributed by atoms with van der Waals surface area (Å²) in [5.41, 5.74) is 1.33. The quantitative estimate of drug-likeness (QED) is 0.637. The van der Waals surface area contributed by atoms with Crippen LogP contribution in [0.25, 0.3) is 0 Å². The molecule has 7 nitrogen and oxygen atoms in total. The highest BCUT2D eigenvalue weighted by molar-refractivity contribution is 7.89. The molecular weight excluding hydrogens is 452 g/mol. The van der Waals surface area contributed by atoms with Gasteiger partial charge in [0, 0.05) is 32.5 Å². The summed E-state index contributed by atoms with van der Waals surface area (Å²) in [5, 5.41) is 5.38. The van der Waals surface area contributed by atoms with Crippen molar-refractivity contribution in [3.63, 3.8) is 0 Å². The van der Waals surface area contributed by atoms with Crippen LogP contribution >= 0.6 is 0 Å². The van der Waals surface area contributed by atoms with Crippen molar-refractivity contribution in [1.29, 1.82) is 0 Å². The summed E-state index contributed by atoms with van der Waals surface area (Å²) >= 11 is 0. The third kappa shape index (κ3) is 6.35. The Morgan fingerprint density at radius 3 is 2.27 bits per heavy atom. The zero-order chi connectivity index (χ0) is 24.2. The minimum Gasteiger partial charge on any atom is -0.351 e. The smallest absolute Gasteiger partial charge is 0.243 e. The van der Waals surface area contributed by atoms with E-state index in [1.54, 1.807) is 24.3 Å². The van der Waals surface area contributed by atoms with Crippen LogP contribution in [0.3, 0.4) is 0 Å². The van der Waals surface area contributed by atoms with Crippen LogP contribution in [-0.4, -0.2) is 49.7 Å². The summed E-state index contributed by atoms with van der Waals surface area (Å²) in [7, 11) is -3.61. The third-order valence-electron chi connectivity index (χ3n) is 5.58. The van der Waals surface area contributed by atoms with Crippen molar-refractivity contribution in [2.45, 2.75) is 50.1 Å². The molecule has 0 bridgehead atoms. The lowest BCUT2D eigenvalue weighted by Crippen LogP contribution is -2.53. The van der Waals surface area contributed by atoms with E-state index in [9.17, 15) is 26.8 Å². The second kappa shape index (κ2) is 10.4. The van der Waals surface area contributed by atoms with E-state index in [0.717, 1.165) is 17.7 Å². The maximum absolute atomic E-state index is 13.5. The number of halogens is 2. The van der Waals surface area contributed by atoms with Crippen LogP contribution in [0.5, 0.6) is 0 Å². The number of amides is 2. The Bertz CT molecular complexity index is 1120. The molecule has 1 saturated heterocycles. The lowest BCUT2D eigenvalue weighted by atomic mass is 10.0. The van der Waals surface area contributed by atoms with Crippen LogP contribution in [0.1, 0.15) is 30.9 Å². The zero-order valence-corrected chi connectivity index (χ0v) is 19.3. The van der Waals surface area contributed by atoms with Crippen LogP contribution in [0.2, 0.25) is 0 Å². The number of rotatable bonds is 7. The van der Waals surface area contributed by atoms with E-state index in [4.69, 9.17) is 0 Å². The fourth-order valence-corrected chi connectivity index (χ4v) is 5.23. The van der Waals surface area contributed by atoms with Crippen LogP contribution in [0.15, 0.2) is 47.4 Å². The molecule has 0 aromatic heterocycles. The molecule has 0 saturated carbocycles. The van der Waals surface area contributed by atoms with Gasteiger partial charge in [0.05, 0.1) is 4.90 Å². The van der Waals surface area contributed by atoms with E-state index < -0.39 is 39.5 Å². The standard InChI is InChI=1S/C23H27F2N3O4S/c1-15-3-6-19(7-4-15)33(31,32)28-11-9-18(10-12-28)27-23(30)22(26-16(2)29)14-17-5-8-20(24)21(25)13-17/h3-8,13,18,22H,9-12,14H2,1-2H3,(H,26,29)(H,27,30)/t22-/m0/s1. The number of aryl methyl sites for hydroxylation is 1. The number of nitrogens with zero attached hydrogens (tertiary/aromatic N) is 1. The van der Waals surface area contributed by atoms with E-state index >= 15 is 0 Å². The molecule has 10 heteroatoms. The second-order valence-corrected chi connectivity index (χ2v) is 10.1. The van der Waals surface area contributed by atoms with E-state index in [0.29, 0.717) is 18.4 Å². The average Bonchev–Trinajstić information content (AvgIpc) is 2.76. The summed E-state index contributed by atoms with van der Waals surface area (Å²) in [4.78, 5) is 24.6. The van der Waals surface area contributed by atoms with Gasteiger partial charge in [0.2, 0.25) is 21.8 Å². The molecule has 1 aliphatic heterocycles. The Morgan fingerprint density at radius 1 is 1.06 bits per heavy atom. The van der Waals surface area contributed by atoms with Crippen molar-refractivity contribution < 1.29 is 26.8 Å². The first-order valence-corrected chi connectivity index (χ1v) is 12.1. The van der Waals surface area contributed by atoms with E-state index in [-0.39, 0.29) is 30.4 Å². The Kier molecular flexibility index (Phi) is 7.80. The molecule has 1 fully saturated rings. The highest BCUT2D eigenvalue weighted by Gasteiger charge is 2.31. The zero-order valence-electron chi connectivity index (χ0n) is 18.5. The molecule has 0 spiro atoms. The second-order valence-electron chi connectivity index (χ2n) is 8.21. The number of sulfonamides is 1. The summed E-state index contributed by atoms with van der Waals surface area (Å²) < 4.78 is 53.8. The number of hydrogen-bond acceptors (Lipinski definition) is 4. The molecule has 178 valence electrons. The Morgan fingerprint density at radius 2 is 1.70 bits per heavy atom. The van der Waals surface area contributed by atoms with Gasteiger partial charge >= 0.3 is 0 Å². The van der Waals surface area contributed by atoms with Gasteiger partial charge in [0.25, 0.3) is 0 Å². The predicted molar refractivity (Wildman–Crippen MR) is 119 cm³/mol. The number of carbonyl (C=O) groups excluding carboxylic acids is 2. The van der Waals surface area contributed by atoms with Gasteiger partial charge in [0.15, 0.2) is 11.6 Å². The molecule has 1 atom stereocenters. The lowest BCUT2D eigenvalue weighted by molar-refractivity contribution is -0.128. The fraction of sp³-hybridized carbons (Fsp3) is 0.391. The Balaban J connectivity index is 1.61. The number of benzene rings is 2. The fourth-order valence-electron chi connectivity index (χ4n) is 3.76. The van der Waals surface area contributed by atoms with E-state index in [2.05, 4.69) is 10.6 Å². The molecule has 0 unspecified atom stereocenters. The van der Waals surface area contributed by atoms with Gasteiger partial charge in [-0.2, -0.15) is 4.31 Å². The molecule has 2 amide bonds. The highest BCUT2D eigenvalue weighted by atomic mass is 32.2. The van der Waals surface area contributed by atoms with Crippen molar-refractivity contribution in [3.05, 3.63) is 65.2 Å². The number of hydrogen-bond donors (Lipinski definition) is 2. The number of nitrogens with one attached hydrogen (secondary N) is 2. The van der Waals surface area contributed by atoms with Crippen LogP contribution < -0.4 is 10.6 Å². The summed E-state index contributed by atoms with van der Waals surface area (Å²) in [6, 6.07) is 8.72. The highest BCUT2D eigenvalue weighted by Crippen LogP contribution is 2.21. The molecule has 1 aliphatic rings. The van der Waals surface area contributed by atoms with Crippen molar-refractivity contribution in [1.82, 2.24) is 14.9 Å². The molecule has 2 N–H and O–H groups in total. The van der Waals surface area contributed by atoms with Crippen molar-refractivity contribution in [3.8, 4) is 0 Å². The molecular formula is C23H27F2N3O4S. The summed E-state index contributed by atoms with van der Waals surface area (Å²) in [5.74, 6) is -2.92. The van der Waals surface area contributed by atoms with Gasteiger partial charge in [-0.1, -0.05) is 23.8 Å².